The molecule has 0 aliphatic carbocycles. The van der Waals surface area contributed by atoms with E-state index in [1.165, 1.54) is 0 Å². The maximum atomic E-state index is 12.2. The molecule has 20 heavy (non-hydrogen) atoms. The maximum absolute atomic E-state index is 12.2. The van der Waals surface area contributed by atoms with Crippen LogP contribution in [0.1, 0.15) is 22.8 Å². The highest BCUT2D eigenvalue weighted by molar-refractivity contribution is 5.76. The van der Waals surface area contributed by atoms with Crippen LogP contribution in [0, 0.1) is 6.92 Å². The molecule has 0 N–H and O–H groups in total. The van der Waals surface area contributed by atoms with Crippen molar-refractivity contribution in [3.8, 4) is 17.0 Å². The van der Waals surface area contributed by atoms with Gasteiger partial charge in [-0.2, -0.15) is 0 Å². The number of nitrogens with zero attached hydrogens (tertiary/aromatic N) is 1. The second-order valence-corrected chi connectivity index (χ2v) is 4.54. The third-order valence-corrected chi connectivity index (χ3v) is 3.28. The van der Waals surface area contributed by atoms with Gasteiger partial charge in [-0.05, 0) is 38.1 Å². The summed E-state index contributed by atoms with van der Waals surface area (Å²) in [5.74, 6) is 0.705. The van der Waals surface area contributed by atoms with Crippen molar-refractivity contribution in [2.45, 2.75) is 20.4 Å². The number of aldehydes is 1. The number of carbonyl (C=O) groups excluding carboxylic acids is 1. The Hall–Kier alpha value is -2.36. The van der Waals surface area contributed by atoms with Crippen molar-refractivity contribution in [2.75, 3.05) is 7.11 Å². The predicted octanol–water partition coefficient (Wildman–Crippen LogP) is 2.66. The third kappa shape index (κ3) is 2.37. The highest BCUT2D eigenvalue weighted by atomic mass is 16.5. The number of aryl methyl sites for hydroxylation is 1. The average Bonchev–Trinajstić information content (AvgIpc) is 2.46. The Morgan fingerprint density at radius 2 is 2.00 bits per heavy atom. The predicted molar refractivity (Wildman–Crippen MR) is 78.5 cm³/mol. The van der Waals surface area contributed by atoms with Crippen molar-refractivity contribution < 1.29 is 9.53 Å². The van der Waals surface area contributed by atoms with Crippen molar-refractivity contribution in [3.63, 3.8) is 0 Å². The Balaban J connectivity index is 2.76. The lowest BCUT2D eigenvalue weighted by molar-refractivity contribution is 0.112. The van der Waals surface area contributed by atoms with Gasteiger partial charge in [-0.25, -0.2) is 0 Å². The van der Waals surface area contributed by atoms with Crippen LogP contribution in [0.5, 0.6) is 5.75 Å². The molecular weight excluding hydrogens is 254 g/mol. The summed E-state index contributed by atoms with van der Waals surface area (Å²) < 4.78 is 6.95. The SMILES string of the molecule is CCn1c(-c2cc(C)ccc2OC)ccc(C=O)c1=O. The Kier molecular flexibility index (Phi) is 4.03. The maximum Gasteiger partial charge on any atom is 0.261 e. The summed E-state index contributed by atoms with van der Waals surface area (Å²) >= 11 is 0. The van der Waals surface area contributed by atoms with Gasteiger partial charge >= 0.3 is 0 Å². The number of pyridine rings is 1. The number of rotatable bonds is 4. The van der Waals surface area contributed by atoms with E-state index in [0.717, 1.165) is 16.8 Å². The molecule has 0 spiro atoms. The molecule has 0 aliphatic heterocycles. The topological polar surface area (TPSA) is 48.3 Å². The second-order valence-electron chi connectivity index (χ2n) is 4.54. The number of methoxy groups -OCH3 is 1. The number of ether oxygens (including phenoxy) is 1. The summed E-state index contributed by atoms with van der Waals surface area (Å²) in [5.41, 5.74) is 2.58. The van der Waals surface area contributed by atoms with Gasteiger partial charge in [0.05, 0.1) is 18.4 Å². The third-order valence-electron chi connectivity index (χ3n) is 3.28. The lowest BCUT2D eigenvalue weighted by atomic mass is 10.1. The molecule has 2 rings (SSSR count). The summed E-state index contributed by atoms with van der Waals surface area (Å²) in [6.07, 6.45) is 0.589. The van der Waals surface area contributed by atoms with Gasteiger partial charge in [0.25, 0.3) is 5.56 Å². The molecular formula is C16H17NO3. The molecule has 0 amide bonds. The van der Waals surface area contributed by atoms with E-state index in [-0.39, 0.29) is 11.1 Å². The summed E-state index contributed by atoms with van der Waals surface area (Å²) in [5, 5.41) is 0. The first kappa shape index (κ1) is 14.1. The molecule has 0 atom stereocenters. The summed E-state index contributed by atoms with van der Waals surface area (Å²) in [6.45, 7) is 4.35. The van der Waals surface area contributed by atoms with Gasteiger partial charge in [0, 0.05) is 12.1 Å². The van der Waals surface area contributed by atoms with E-state index in [1.54, 1.807) is 23.8 Å². The fourth-order valence-corrected chi connectivity index (χ4v) is 2.26. The van der Waals surface area contributed by atoms with Gasteiger partial charge in [0.15, 0.2) is 6.29 Å². The first-order chi connectivity index (χ1) is 9.62. The fraction of sp³-hybridized carbons (Fsp3) is 0.250. The molecule has 0 fully saturated rings. The van der Waals surface area contributed by atoms with E-state index >= 15 is 0 Å². The van der Waals surface area contributed by atoms with Crippen LogP contribution in [0.3, 0.4) is 0 Å². The van der Waals surface area contributed by atoms with Crippen molar-refractivity contribution >= 4 is 6.29 Å². The lowest BCUT2D eigenvalue weighted by Crippen LogP contribution is -2.24. The zero-order valence-electron chi connectivity index (χ0n) is 11.8. The second kappa shape index (κ2) is 5.74. The van der Waals surface area contributed by atoms with Crippen LogP contribution in [0.4, 0.5) is 0 Å². The van der Waals surface area contributed by atoms with E-state index in [2.05, 4.69) is 0 Å². The van der Waals surface area contributed by atoms with Crippen molar-refractivity contribution in [2.24, 2.45) is 0 Å². The Labute approximate surface area is 117 Å². The first-order valence-corrected chi connectivity index (χ1v) is 6.46. The normalized spacial score (nSPS) is 10.3. The molecule has 0 bridgehead atoms. The molecule has 0 saturated carbocycles. The van der Waals surface area contributed by atoms with E-state index < -0.39 is 0 Å². The number of aromatic nitrogens is 1. The number of hydrogen-bond acceptors (Lipinski definition) is 3. The van der Waals surface area contributed by atoms with E-state index in [1.807, 2.05) is 32.0 Å². The van der Waals surface area contributed by atoms with Crippen LogP contribution in [0.15, 0.2) is 35.1 Å². The zero-order chi connectivity index (χ0) is 14.7. The highest BCUT2D eigenvalue weighted by Crippen LogP contribution is 2.30. The smallest absolute Gasteiger partial charge is 0.261 e. The summed E-state index contributed by atoms with van der Waals surface area (Å²) in [7, 11) is 1.60. The summed E-state index contributed by atoms with van der Waals surface area (Å²) in [6, 6.07) is 9.14. The van der Waals surface area contributed by atoms with Crippen LogP contribution in [-0.2, 0) is 6.54 Å². The average molecular weight is 271 g/mol. The molecule has 1 aromatic carbocycles. The zero-order valence-corrected chi connectivity index (χ0v) is 11.8. The van der Waals surface area contributed by atoms with Crippen LogP contribution in [-0.4, -0.2) is 18.0 Å². The molecule has 0 radical (unpaired) electrons. The molecule has 0 unspecified atom stereocenters. The van der Waals surface area contributed by atoms with Gasteiger partial charge in [-0.3, -0.25) is 9.59 Å². The molecule has 0 aliphatic rings. The monoisotopic (exact) mass is 271 g/mol. The van der Waals surface area contributed by atoms with Crippen LogP contribution >= 0.6 is 0 Å². The highest BCUT2D eigenvalue weighted by Gasteiger charge is 2.13. The summed E-state index contributed by atoms with van der Waals surface area (Å²) in [4.78, 5) is 23.1. The first-order valence-electron chi connectivity index (χ1n) is 6.46. The van der Waals surface area contributed by atoms with Gasteiger partial charge in [-0.15, -0.1) is 0 Å². The minimum atomic E-state index is -0.274. The minimum Gasteiger partial charge on any atom is -0.496 e. The van der Waals surface area contributed by atoms with Gasteiger partial charge < -0.3 is 9.30 Å². The van der Waals surface area contributed by atoms with Gasteiger partial charge in [0.2, 0.25) is 0 Å². The standard InChI is InChI=1S/C16H17NO3/c1-4-17-14(7-6-12(10-18)16(17)19)13-9-11(2)5-8-15(13)20-3/h5-10H,4H2,1-3H3. The molecule has 1 heterocycles. The van der Waals surface area contributed by atoms with Crippen molar-refractivity contribution in [3.05, 3.63) is 51.8 Å². The Bertz CT molecular complexity index is 701. The largest absolute Gasteiger partial charge is 0.496 e. The van der Waals surface area contributed by atoms with E-state index in [0.29, 0.717) is 18.6 Å². The number of hydrogen-bond donors (Lipinski definition) is 0. The van der Waals surface area contributed by atoms with Crippen molar-refractivity contribution in [1.82, 2.24) is 4.57 Å². The molecule has 104 valence electrons. The molecule has 1 aromatic heterocycles. The van der Waals surface area contributed by atoms with Crippen LogP contribution < -0.4 is 10.3 Å². The molecule has 2 aromatic rings. The number of carbonyl (C=O) groups is 1. The fourth-order valence-electron chi connectivity index (χ4n) is 2.26. The van der Waals surface area contributed by atoms with E-state index in [4.69, 9.17) is 4.74 Å². The Morgan fingerprint density at radius 3 is 2.60 bits per heavy atom. The quantitative estimate of drug-likeness (QED) is 0.803. The lowest BCUT2D eigenvalue weighted by Gasteiger charge is -2.15. The van der Waals surface area contributed by atoms with E-state index in [9.17, 15) is 9.59 Å². The minimum absolute atomic E-state index is 0.169. The molecule has 4 nitrogen and oxygen atoms in total. The Morgan fingerprint density at radius 1 is 1.25 bits per heavy atom. The van der Waals surface area contributed by atoms with Gasteiger partial charge in [0.1, 0.15) is 5.75 Å². The number of benzene rings is 1. The van der Waals surface area contributed by atoms with Crippen molar-refractivity contribution in [1.29, 1.82) is 0 Å². The molecule has 4 heteroatoms. The van der Waals surface area contributed by atoms with Gasteiger partial charge in [-0.1, -0.05) is 11.6 Å². The molecule has 0 saturated heterocycles. The van der Waals surface area contributed by atoms with Crippen LogP contribution in [0.2, 0.25) is 0 Å². The van der Waals surface area contributed by atoms with Crippen LogP contribution in [0.25, 0.3) is 11.3 Å².